The van der Waals surface area contributed by atoms with Crippen molar-refractivity contribution in [2.24, 2.45) is 0 Å². The van der Waals surface area contributed by atoms with E-state index in [2.05, 4.69) is 10.2 Å². The van der Waals surface area contributed by atoms with Gasteiger partial charge in [-0.3, -0.25) is 9.59 Å². The van der Waals surface area contributed by atoms with E-state index >= 15 is 0 Å². The van der Waals surface area contributed by atoms with Crippen molar-refractivity contribution in [1.29, 1.82) is 0 Å². The highest BCUT2D eigenvalue weighted by Crippen LogP contribution is 2.18. The number of carbonyl (C=O) groups is 2. The first-order chi connectivity index (χ1) is 8.60. The molecule has 1 aromatic heterocycles. The molecular formula is C10H13ClN4O2S. The first kappa shape index (κ1) is 13.2. The average molecular weight is 289 g/mol. The van der Waals surface area contributed by atoms with Gasteiger partial charge in [-0.1, -0.05) is 18.3 Å². The summed E-state index contributed by atoms with van der Waals surface area (Å²) < 4.78 is 0.341. The maximum Gasteiger partial charge on any atom is 0.243 e. The number of amides is 2. The van der Waals surface area contributed by atoms with Gasteiger partial charge in [0, 0.05) is 6.54 Å². The summed E-state index contributed by atoms with van der Waals surface area (Å²) in [6.07, 6.45) is 0.852. The Labute approximate surface area is 114 Å². The van der Waals surface area contributed by atoms with Crippen molar-refractivity contribution in [3.8, 4) is 0 Å². The monoisotopic (exact) mass is 288 g/mol. The lowest BCUT2D eigenvalue weighted by atomic mass is 10.2. The number of rotatable bonds is 4. The molecule has 0 aliphatic carbocycles. The Balaban J connectivity index is 1.99. The number of hydrogen-bond donors (Lipinski definition) is 0. The summed E-state index contributed by atoms with van der Waals surface area (Å²) >= 11 is 6.89. The molecule has 98 valence electrons. The molecule has 0 unspecified atom stereocenters. The lowest BCUT2D eigenvalue weighted by molar-refractivity contribution is -0.150. The fraction of sp³-hybridized carbons (Fsp3) is 0.600. The summed E-state index contributed by atoms with van der Waals surface area (Å²) in [5.74, 6) is -0.0820. The standard InChI is InChI=1S/C10H13ClN4O2S/c1-2-3-14-5-9(17)15(6-8(14)16)4-7-12-13-10(11)18-7/h2-6H2,1H3. The fourth-order valence-electron chi connectivity index (χ4n) is 1.78. The van der Waals surface area contributed by atoms with Gasteiger partial charge in [0.1, 0.15) is 11.6 Å². The van der Waals surface area contributed by atoms with Gasteiger partial charge in [-0.15, -0.1) is 10.2 Å². The molecule has 1 saturated heterocycles. The highest BCUT2D eigenvalue weighted by molar-refractivity contribution is 7.15. The summed E-state index contributed by atoms with van der Waals surface area (Å²) in [7, 11) is 0. The molecule has 0 aromatic carbocycles. The second kappa shape index (κ2) is 5.62. The Kier molecular flexibility index (Phi) is 4.13. The SMILES string of the molecule is CCCN1CC(=O)N(Cc2nnc(Cl)s2)CC1=O. The highest BCUT2D eigenvalue weighted by Gasteiger charge is 2.29. The van der Waals surface area contributed by atoms with E-state index in [1.165, 1.54) is 16.2 Å². The van der Waals surface area contributed by atoms with Crippen molar-refractivity contribution in [2.45, 2.75) is 19.9 Å². The second-order valence-corrected chi connectivity index (χ2v) is 5.66. The Morgan fingerprint density at radius 2 is 1.89 bits per heavy atom. The molecule has 0 spiro atoms. The maximum atomic E-state index is 11.9. The van der Waals surface area contributed by atoms with E-state index in [1.54, 1.807) is 4.90 Å². The van der Waals surface area contributed by atoms with Crippen molar-refractivity contribution in [3.63, 3.8) is 0 Å². The predicted octanol–water partition coefficient (Wildman–Crippen LogP) is 0.772. The Hall–Kier alpha value is -1.21. The van der Waals surface area contributed by atoms with Crippen LogP contribution in [-0.4, -0.2) is 51.4 Å². The van der Waals surface area contributed by atoms with Gasteiger partial charge >= 0.3 is 0 Å². The van der Waals surface area contributed by atoms with Gasteiger partial charge in [0.05, 0.1) is 13.1 Å². The number of aromatic nitrogens is 2. The van der Waals surface area contributed by atoms with Gasteiger partial charge in [-0.2, -0.15) is 0 Å². The molecule has 8 heteroatoms. The minimum Gasteiger partial charge on any atom is -0.332 e. The molecule has 0 radical (unpaired) electrons. The average Bonchev–Trinajstić information content (AvgIpc) is 2.71. The van der Waals surface area contributed by atoms with E-state index in [0.29, 0.717) is 22.6 Å². The summed E-state index contributed by atoms with van der Waals surface area (Å²) in [5, 5.41) is 8.16. The molecule has 0 saturated carbocycles. The molecule has 1 aliphatic rings. The van der Waals surface area contributed by atoms with Crippen LogP contribution in [0.5, 0.6) is 0 Å². The van der Waals surface area contributed by atoms with Crippen LogP contribution in [0.1, 0.15) is 18.4 Å². The minimum absolute atomic E-state index is 0.0212. The zero-order valence-corrected chi connectivity index (χ0v) is 11.5. The Morgan fingerprint density at radius 1 is 1.22 bits per heavy atom. The molecule has 2 heterocycles. The normalized spacial score (nSPS) is 16.6. The van der Waals surface area contributed by atoms with Gasteiger partial charge in [0.25, 0.3) is 0 Å². The van der Waals surface area contributed by atoms with E-state index in [4.69, 9.17) is 11.6 Å². The first-order valence-corrected chi connectivity index (χ1v) is 6.83. The van der Waals surface area contributed by atoms with Crippen LogP contribution >= 0.6 is 22.9 Å². The van der Waals surface area contributed by atoms with Crippen molar-refractivity contribution < 1.29 is 9.59 Å². The molecule has 0 N–H and O–H groups in total. The van der Waals surface area contributed by atoms with Crippen molar-refractivity contribution >= 4 is 34.8 Å². The third kappa shape index (κ3) is 2.97. The van der Waals surface area contributed by atoms with Crippen LogP contribution in [0.2, 0.25) is 4.47 Å². The van der Waals surface area contributed by atoms with Crippen molar-refractivity contribution in [2.75, 3.05) is 19.6 Å². The van der Waals surface area contributed by atoms with E-state index in [9.17, 15) is 9.59 Å². The third-order valence-electron chi connectivity index (χ3n) is 2.62. The molecule has 18 heavy (non-hydrogen) atoms. The van der Waals surface area contributed by atoms with Gasteiger partial charge < -0.3 is 9.80 Å². The van der Waals surface area contributed by atoms with Crippen molar-refractivity contribution in [3.05, 3.63) is 9.47 Å². The van der Waals surface area contributed by atoms with E-state index in [-0.39, 0.29) is 24.9 Å². The Morgan fingerprint density at radius 3 is 2.50 bits per heavy atom. The second-order valence-electron chi connectivity index (χ2n) is 4.01. The van der Waals surface area contributed by atoms with Crippen LogP contribution < -0.4 is 0 Å². The largest absolute Gasteiger partial charge is 0.332 e. The summed E-state index contributed by atoms with van der Waals surface area (Å²) in [6.45, 7) is 3.17. The fourth-order valence-corrected chi connectivity index (χ4v) is 2.66. The molecule has 0 atom stereocenters. The summed E-state index contributed by atoms with van der Waals surface area (Å²) in [4.78, 5) is 26.8. The van der Waals surface area contributed by atoms with Gasteiger partial charge in [-0.25, -0.2) is 0 Å². The third-order valence-corrected chi connectivity index (χ3v) is 3.62. The molecule has 1 fully saturated rings. The number of piperazine rings is 1. The molecule has 2 amide bonds. The van der Waals surface area contributed by atoms with E-state index in [0.717, 1.165) is 6.42 Å². The summed E-state index contributed by atoms with van der Waals surface area (Å²) in [5.41, 5.74) is 0. The maximum absolute atomic E-state index is 11.9. The molecule has 1 aromatic rings. The number of halogens is 1. The van der Waals surface area contributed by atoms with E-state index < -0.39 is 0 Å². The zero-order valence-electron chi connectivity index (χ0n) is 9.93. The quantitative estimate of drug-likeness (QED) is 0.821. The van der Waals surface area contributed by atoms with Crippen LogP contribution in [0.3, 0.4) is 0 Å². The van der Waals surface area contributed by atoms with Gasteiger partial charge in [0.15, 0.2) is 0 Å². The molecule has 0 bridgehead atoms. The number of hydrogen-bond acceptors (Lipinski definition) is 5. The zero-order chi connectivity index (χ0) is 13.1. The van der Waals surface area contributed by atoms with Crippen LogP contribution in [0.15, 0.2) is 0 Å². The molecule has 1 aliphatic heterocycles. The van der Waals surface area contributed by atoms with Crippen LogP contribution in [0.25, 0.3) is 0 Å². The highest BCUT2D eigenvalue weighted by atomic mass is 35.5. The minimum atomic E-state index is -0.0608. The topological polar surface area (TPSA) is 66.4 Å². The lowest BCUT2D eigenvalue weighted by Crippen LogP contribution is -2.53. The summed E-state index contributed by atoms with van der Waals surface area (Å²) in [6, 6.07) is 0. The van der Waals surface area contributed by atoms with Crippen LogP contribution in [0, 0.1) is 0 Å². The predicted molar refractivity (Wildman–Crippen MR) is 67.2 cm³/mol. The molecular weight excluding hydrogens is 276 g/mol. The first-order valence-electron chi connectivity index (χ1n) is 5.63. The van der Waals surface area contributed by atoms with Crippen molar-refractivity contribution in [1.82, 2.24) is 20.0 Å². The number of nitrogens with zero attached hydrogens (tertiary/aromatic N) is 4. The lowest BCUT2D eigenvalue weighted by Gasteiger charge is -2.33. The molecule has 2 rings (SSSR count). The number of carbonyl (C=O) groups excluding carboxylic acids is 2. The van der Waals surface area contributed by atoms with Crippen LogP contribution in [0.4, 0.5) is 0 Å². The Bertz CT molecular complexity index is 464. The van der Waals surface area contributed by atoms with Gasteiger partial charge in [0.2, 0.25) is 16.3 Å². The van der Waals surface area contributed by atoms with Crippen LogP contribution in [-0.2, 0) is 16.1 Å². The van der Waals surface area contributed by atoms with Gasteiger partial charge in [-0.05, 0) is 18.0 Å². The smallest absolute Gasteiger partial charge is 0.243 e. The molecule has 6 nitrogen and oxygen atoms in total. The van der Waals surface area contributed by atoms with E-state index in [1.807, 2.05) is 6.92 Å².